The van der Waals surface area contributed by atoms with Crippen LogP contribution in [0.25, 0.3) is 0 Å². The fourth-order valence-electron chi connectivity index (χ4n) is 1.24. The van der Waals surface area contributed by atoms with Gasteiger partial charge in [0.05, 0.1) is 32.3 Å². The van der Waals surface area contributed by atoms with Crippen molar-refractivity contribution in [3.63, 3.8) is 0 Å². The number of rotatable bonds is 10. The maximum Gasteiger partial charge on any atom is 0.317 e. The van der Waals surface area contributed by atoms with Crippen molar-refractivity contribution in [2.75, 3.05) is 47.1 Å². The lowest BCUT2D eigenvalue weighted by Gasteiger charge is -2.20. The fourth-order valence-corrected chi connectivity index (χ4v) is 1.24. The molecule has 1 atom stereocenters. The van der Waals surface area contributed by atoms with Crippen LogP contribution in [0.5, 0.6) is 0 Å². The summed E-state index contributed by atoms with van der Waals surface area (Å²) < 4.78 is 9.97. The predicted molar refractivity (Wildman–Crippen MR) is 67.0 cm³/mol. The molecule has 8 heteroatoms. The van der Waals surface area contributed by atoms with E-state index in [-0.39, 0.29) is 32.2 Å². The number of carboxylic acids is 1. The molecule has 0 aromatic rings. The number of hydrogen-bond acceptors (Lipinski definition) is 5. The largest absolute Gasteiger partial charge is 0.481 e. The van der Waals surface area contributed by atoms with E-state index in [1.54, 1.807) is 7.05 Å². The van der Waals surface area contributed by atoms with Gasteiger partial charge in [0.1, 0.15) is 0 Å². The smallest absolute Gasteiger partial charge is 0.317 e. The summed E-state index contributed by atoms with van der Waals surface area (Å²) in [4.78, 5) is 23.5. The van der Waals surface area contributed by atoms with Gasteiger partial charge in [-0.2, -0.15) is 0 Å². The number of carbonyl (C=O) groups excluding carboxylic acids is 1. The Morgan fingerprint density at radius 1 is 1.37 bits per heavy atom. The zero-order valence-corrected chi connectivity index (χ0v) is 11.3. The zero-order chi connectivity index (χ0) is 14.7. The minimum atomic E-state index is -0.980. The van der Waals surface area contributed by atoms with Gasteiger partial charge in [0.15, 0.2) is 0 Å². The average molecular weight is 278 g/mol. The van der Waals surface area contributed by atoms with Crippen molar-refractivity contribution in [1.29, 1.82) is 0 Å². The third-order valence-electron chi connectivity index (χ3n) is 2.37. The van der Waals surface area contributed by atoms with Crippen molar-refractivity contribution in [1.82, 2.24) is 10.2 Å². The monoisotopic (exact) mass is 278 g/mol. The second kappa shape index (κ2) is 10.5. The van der Waals surface area contributed by atoms with E-state index in [1.165, 1.54) is 12.0 Å². The Morgan fingerprint density at radius 2 is 2.05 bits per heavy atom. The lowest BCUT2D eigenvalue weighted by Crippen LogP contribution is -2.43. The van der Waals surface area contributed by atoms with Crippen LogP contribution in [0.4, 0.5) is 4.79 Å². The van der Waals surface area contributed by atoms with Gasteiger partial charge in [-0.1, -0.05) is 0 Å². The molecule has 0 fully saturated rings. The van der Waals surface area contributed by atoms with E-state index in [0.29, 0.717) is 13.2 Å². The summed E-state index contributed by atoms with van der Waals surface area (Å²) in [5, 5.41) is 19.7. The molecule has 0 aliphatic rings. The molecule has 0 saturated heterocycles. The minimum Gasteiger partial charge on any atom is -0.481 e. The van der Waals surface area contributed by atoms with Gasteiger partial charge in [-0.15, -0.1) is 0 Å². The van der Waals surface area contributed by atoms with Crippen LogP contribution < -0.4 is 5.32 Å². The second-order valence-corrected chi connectivity index (χ2v) is 3.90. The SMILES string of the molecule is COC(CNC(=O)N(C)CCOCCO)CC(=O)O. The summed E-state index contributed by atoms with van der Waals surface area (Å²) in [6.45, 7) is 1.01. The third-order valence-corrected chi connectivity index (χ3v) is 2.37. The molecule has 0 radical (unpaired) electrons. The summed E-state index contributed by atoms with van der Waals surface area (Å²) >= 11 is 0. The molecule has 112 valence electrons. The number of aliphatic carboxylic acids is 1. The Morgan fingerprint density at radius 3 is 2.58 bits per heavy atom. The lowest BCUT2D eigenvalue weighted by atomic mass is 10.2. The normalized spacial score (nSPS) is 11.9. The molecular weight excluding hydrogens is 256 g/mol. The number of aliphatic hydroxyl groups is 1. The summed E-state index contributed by atoms with van der Waals surface area (Å²) in [7, 11) is 2.99. The molecule has 3 N–H and O–H groups in total. The number of ether oxygens (including phenoxy) is 2. The highest BCUT2D eigenvalue weighted by Gasteiger charge is 2.15. The molecule has 0 aromatic carbocycles. The van der Waals surface area contributed by atoms with E-state index in [0.717, 1.165) is 0 Å². The molecular formula is C11H22N2O6. The molecule has 19 heavy (non-hydrogen) atoms. The van der Waals surface area contributed by atoms with Crippen LogP contribution in [0.15, 0.2) is 0 Å². The Kier molecular flexibility index (Phi) is 9.77. The van der Waals surface area contributed by atoms with Crippen LogP contribution in [0.1, 0.15) is 6.42 Å². The number of carboxylic acid groups (broad SMARTS) is 1. The lowest BCUT2D eigenvalue weighted by molar-refractivity contribution is -0.139. The molecule has 1 unspecified atom stereocenters. The topological polar surface area (TPSA) is 108 Å². The highest BCUT2D eigenvalue weighted by Crippen LogP contribution is 1.96. The number of likely N-dealkylation sites (N-methyl/N-ethyl adjacent to an activating group) is 1. The maximum atomic E-state index is 11.6. The molecule has 0 rings (SSSR count). The predicted octanol–water partition coefficient (Wildman–Crippen LogP) is -0.874. The van der Waals surface area contributed by atoms with Crippen molar-refractivity contribution >= 4 is 12.0 Å². The van der Waals surface area contributed by atoms with Crippen LogP contribution in [0.2, 0.25) is 0 Å². The number of aliphatic hydroxyl groups excluding tert-OH is 1. The van der Waals surface area contributed by atoms with Gasteiger partial charge in [-0.25, -0.2) is 4.79 Å². The number of methoxy groups -OCH3 is 1. The van der Waals surface area contributed by atoms with E-state index in [4.69, 9.17) is 19.7 Å². The molecule has 0 saturated carbocycles. The minimum absolute atomic E-state index is 0.0549. The zero-order valence-electron chi connectivity index (χ0n) is 11.3. The highest BCUT2D eigenvalue weighted by molar-refractivity contribution is 5.74. The van der Waals surface area contributed by atoms with Gasteiger partial charge in [0.25, 0.3) is 0 Å². The van der Waals surface area contributed by atoms with E-state index in [9.17, 15) is 9.59 Å². The van der Waals surface area contributed by atoms with Crippen LogP contribution in [0, 0.1) is 0 Å². The second-order valence-electron chi connectivity index (χ2n) is 3.90. The van der Waals surface area contributed by atoms with Crippen LogP contribution in [-0.2, 0) is 14.3 Å². The van der Waals surface area contributed by atoms with E-state index >= 15 is 0 Å². The van der Waals surface area contributed by atoms with E-state index < -0.39 is 12.1 Å². The summed E-state index contributed by atoms with van der Waals surface area (Å²) in [6, 6.07) is -0.333. The number of amides is 2. The van der Waals surface area contributed by atoms with Gasteiger partial charge in [0, 0.05) is 27.2 Å². The van der Waals surface area contributed by atoms with Gasteiger partial charge >= 0.3 is 12.0 Å². The standard InChI is InChI=1S/C11H22N2O6/c1-13(3-5-19-6-4-14)11(17)12-8-9(18-2)7-10(15)16/h9,14H,3-8H2,1-2H3,(H,12,17)(H,15,16). The highest BCUT2D eigenvalue weighted by atomic mass is 16.5. The Hall–Kier alpha value is -1.38. The van der Waals surface area contributed by atoms with Crippen LogP contribution in [0.3, 0.4) is 0 Å². The Bertz CT molecular complexity index is 274. The first-order chi connectivity index (χ1) is 9.01. The van der Waals surface area contributed by atoms with Crippen molar-refractivity contribution < 1.29 is 29.3 Å². The molecule has 2 amide bonds. The molecule has 0 heterocycles. The number of carbonyl (C=O) groups is 2. The van der Waals surface area contributed by atoms with E-state index in [1.807, 2.05) is 0 Å². The number of nitrogens with one attached hydrogen (secondary N) is 1. The fraction of sp³-hybridized carbons (Fsp3) is 0.818. The van der Waals surface area contributed by atoms with Gasteiger partial charge in [-0.3, -0.25) is 4.79 Å². The molecule has 8 nitrogen and oxygen atoms in total. The first kappa shape index (κ1) is 17.6. The molecule has 0 aliphatic heterocycles. The molecule has 0 aliphatic carbocycles. The Balaban J connectivity index is 3.84. The van der Waals surface area contributed by atoms with Gasteiger partial charge in [0.2, 0.25) is 0 Å². The van der Waals surface area contributed by atoms with Crippen LogP contribution >= 0.6 is 0 Å². The average Bonchev–Trinajstić information content (AvgIpc) is 2.38. The molecule has 0 spiro atoms. The van der Waals surface area contributed by atoms with Gasteiger partial charge < -0.3 is 29.9 Å². The molecule has 0 bridgehead atoms. The van der Waals surface area contributed by atoms with Crippen molar-refractivity contribution in [2.24, 2.45) is 0 Å². The maximum absolute atomic E-state index is 11.6. The molecule has 0 aromatic heterocycles. The first-order valence-electron chi connectivity index (χ1n) is 5.93. The van der Waals surface area contributed by atoms with Crippen molar-refractivity contribution in [2.45, 2.75) is 12.5 Å². The van der Waals surface area contributed by atoms with Crippen LogP contribution in [-0.4, -0.2) is 80.3 Å². The summed E-state index contributed by atoms with van der Waals surface area (Å²) in [6.07, 6.45) is -0.722. The number of urea groups is 1. The van der Waals surface area contributed by atoms with Crippen molar-refractivity contribution in [3.8, 4) is 0 Å². The third kappa shape index (κ3) is 9.23. The quantitative estimate of drug-likeness (QED) is 0.448. The summed E-state index contributed by atoms with van der Waals surface area (Å²) in [5.41, 5.74) is 0. The summed E-state index contributed by atoms with van der Waals surface area (Å²) in [5.74, 6) is -0.980. The number of hydrogen-bond donors (Lipinski definition) is 3. The van der Waals surface area contributed by atoms with Gasteiger partial charge in [-0.05, 0) is 0 Å². The van der Waals surface area contributed by atoms with E-state index in [2.05, 4.69) is 5.32 Å². The Labute approximate surface area is 112 Å². The number of nitrogens with zero attached hydrogens (tertiary/aromatic N) is 1. The van der Waals surface area contributed by atoms with Crippen molar-refractivity contribution in [3.05, 3.63) is 0 Å². The first-order valence-corrected chi connectivity index (χ1v) is 5.93.